The van der Waals surface area contributed by atoms with Crippen molar-refractivity contribution >= 4 is 5.91 Å². The maximum absolute atomic E-state index is 12.3. The lowest BCUT2D eigenvalue weighted by atomic mass is 9.86. The van der Waals surface area contributed by atoms with Crippen LogP contribution in [0.2, 0.25) is 0 Å². The lowest BCUT2D eigenvalue weighted by Crippen LogP contribution is -2.41. The molecule has 1 aromatic rings. The molecule has 2 atom stereocenters. The summed E-state index contributed by atoms with van der Waals surface area (Å²) in [5, 5.41) is 3.18. The van der Waals surface area contributed by atoms with Crippen LogP contribution in [0, 0.1) is 26.7 Å². The number of aryl methyl sites for hydroxylation is 2. The minimum atomic E-state index is 0.0283. The second-order valence-corrected chi connectivity index (χ2v) is 5.56. The molecule has 3 heteroatoms. The first-order valence-electron chi connectivity index (χ1n) is 6.88. The van der Waals surface area contributed by atoms with Crippen LogP contribution in [0.25, 0.3) is 0 Å². The number of rotatable bonds is 2. The molecule has 1 aliphatic carbocycles. The quantitative estimate of drug-likeness (QED) is 0.871. The van der Waals surface area contributed by atoms with Crippen molar-refractivity contribution in [2.45, 2.75) is 59.4 Å². The molecule has 0 radical (unpaired) electrons. The summed E-state index contributed by atoms with van der Waals surface area (Å²) >= 11 is 0. The van der Waals surface area contributed by atoms with Gasteiger partial charge in [0, 0.05) is 11.6 Å². The molecule has 18 heavy (non-hydrogen) atoms. The monoisotopic (exact) mass is 249 g/mol. The number of nitrogens with one attached hydrogen (secondary N) is 1. The average molecular weight is 249 g/mol. The van der Waals surface area contributed by atoms with Crippen LogP contribution in [-0.2, 0) is 0 Å². The summed E-state index contributed by atoms with van der Waals surface area (Å²) in [6.45, 7) is 7.94. The van der Waals surface area contributed by atoms with Gasteiger partial charge < -0.3 is 9.73 Å². The molecule has 1 saturated carbocycles. The largest absolute Gasteiger partial charge is 0.466 e. The van der Waals surface area contributed by atoms with Crippen molar-refractivity contribution in [2.24, 2.45) is 5.92 Å². The molecule has 0 aromatic carbocycles. The predicted molar refractivity (Wildman–Crippen MR) is 71.8 cm³/mol. The molecular formula is C15H23NO2. The third-order valence-electron chi connectivity index (χ3n) is 4.22. The van der Waals surface area contributed by atoms with E-state index in [0.717, 1.165) is 29.1 Å². The molecule has 0 bridgehead atoms. The molecule has 0 aliphatic heterocycles. The third kappa shape index (κ3) is 2.45. The molecule has 0 spiro atoms. The fourth-order valence-corrected chi connectivity index (χ4v) is 2.90. The summed E-state index contributed by atoms with van der Waals surface area (Å²) < 4.78 is 5.52. The van der Waals surface area contributed by atoms with E-state index in [1.807, 2.05) is 20.8 Å². The molecular weight excluding hydrogens is 226 g/mol. The fourth-order valence-electron chi connectivity index (χ4n) is 2.90. The zero-order valence-corrected chi connectivity index (χ0v) is 11.8. The van der Waals surface area contributed by atoms with Crippen molar-refractivity contribution < 1.29 is 9.21 Å². The molecule has 100 valence electrons. The first-order chi connectivity index (χ1) is 8.50. The summed E-state index contributed by atoms with van der Waals surface area (Å²) in [6, 6.07) is 0.320. The lowest BCUT2D eigenvalue weighted by Gasteiger charge is -2.29. The molecule has 1 heterocycles. The first kappa shape index (κ1) is 13.2. The van der Waals surface area contributed by atoms with Crippen molar-refractivity contribution in [3.8, 4) is 0 Å². The Morgan fingerprint density at radius 2 is 1.83 bits per heavy atom. The number of hydrogen-bond acceptors (Lipinski definition) is 2. The Kier molecular flexibility index (Phi) is 3.79. The minimum absolute atomic E-state index is 0.0283. The van der Waals surface area contributed by atoms with Crippen LogP contribution in [0.1, 0.15) is 60.0 Å². The van der Waals surface area contributed by atoms with Gasteiger partial charge in [-0.15, -0.1) is 0 Å². The second kappa shape index (κ2) is 5.17. The number of amides is 1. The van der Waals surface area contributed by atoms with Crippen LogP contribution in [0.3, 0.4) is 0 Å². The molecule has 1 N–H and O–H groups in total. The highest BCUT2D eigenvalue weighted by atomic mass is 16.3. The van der Waals surface area contributed by atoms with Crippen molar-refractivity contribution in [3.05, 3.63) is 22.6 Å². The van der Waals surface area contributed by atoms with Crippen molar-refractivity contribution in [1.29, 1.82) is 0 Å². The van der Waals surface area contributed by atoms with Crippen LogP contribution in [0.15, 0.2) is 4.42 Å². The topological polar surface area (TPSA) is 42.2 Å². The summed E-state index contributed by atoms with van der Waals surface area (Å²) in [7, 11) is 0. The van der Waals surface area contributed by atoms with Crippen LogP contribution >= 0.6 is 0 Å². The predicted octanol–water partition coefficient (Wildman–Crippen LogP) is 3.51. The molecule has 0 saturated heterocycles. The van der Waals surface area contributed by atoms with Gasteiger partial charge in [0.15, 0.2) is 0 Å². The zero-order chi connectivity index (χ0) is 13.3. The SMILES string of the molecule is Cc1oc(C)c(C(=O)NC2CCCCC2C)c1C. The molecule has 2 rings (SSSR count). The van der Waals surface area contributed by atoms with E-state index in [2.05, 4.69) is 12.2 Å². The highest BCUT2D eigenvalue weighted by Gasteiger charge is 2.26. The Balaban J connectivity index is 2.12. The van der Waals surface area contributed by atoms with Gasteiger partial charge in [-0.2, -0.15) is 0 Å². The van der Waals surface area contributed by atoms with Gasteiger partial charge in [-0.25, -0.2) is 0 Å². The summed E-state index contributed by atoms with van der Waals surface area (Å²) in [5.74, 6) is 2.18. The molecule has 1 amide bonds. The summed E-state index contributed by atoms with van der Waals surface area (Å²) in [5.41, 5.74) is 1.69. The highest BCUT2D eigenvalue weighted by Crippen LogP contribution is 2.25. The van der Waals surface area contributed by atoms with Crippen LogP contribution in [-0.4, -0.2) is 11.9 Å². The van der Waals surface area contributed by atoms with Gasteiger partial charge in [-0.3, -0.25) is 4.79 Å². The van der Waals surface area contributed by atoms with Gasteiger partial charge >= 0.3 is 0 Å². The Hall–Kier alpha value is -1.25. The van der Waals surface area contributed by atoms with Gasteiger partial charge in [0.05, 0.1) is 5.56 Å². The Morgan fingerprint density at radius 1 is 1.17 bits per heavy atom. The molecule has 1 aliphatic rings. The van der Waals surface area contributed by atoms with Crippen molar-refractivity contribution in [2.75, 3.05) is 0 Å². The van der Waals surface area contributed by atoms with E-state index < -0.39 is 0 Å². The van der Waals surface area contributed by atoms with E-state index in [-0.39, 0.29) is 5.91 Å². The number of carbonyl (C=O) groups is 1. The lowest BCUT2D eigenvalue weighted by molar-refractivity contribution is 0.0908. The Morgan fingerprint density at radius 3 is 2.39 bits per heavy atom. The summed E-state index contributed by atoms with van der Waals surface area (Å²) in [4.78, 5) is 12.3. The second-order valence-electron chi connectivity index (χ2n) is 5.56. The first-order valence-corrected chi connectivity index (χ1v) is 6.88. The Bertz CT molecular complexity index is 448. The van der Waals surface area contributed by atoms with Gasteiger partial charge in [0.1, 0.15) is 11.5 Å². The normalized spacial score (nSPS) is 24.0. The van der Waals surface area contributed by atoms with Gasteiger partial charge in [-0.1, -0.05) is 19.8 Å². The van der Waals surface area contributed by atoms with E-state index in [0.29, 0.717) is 12.0 Å². The van der Waals surface area contributed by atoms with E-state index in [4.69, 9.17) is 4.42 Å². The maximum atomic E-state index is 12.3. The molecule has 1 aromatic heterocycles. The molecule has 2 unspecified atom stereocenters. The van der Waals surface area contributed by atoms with Gasteiger partial charge in [-0.05, 0) is 39.5 Å². The zero-order valence-electron chi connectivity index (χ0n) is 11.8. The van der Waals surface area contributed by atoms with Crippen LogP contribution in [0.5, 0.6) is 0 Å². The van der Waals surface area contributed by atoms with Crippen LogP contribution in [0.4, 0.5) is 0 Å². The summed E-state index contributed by atoms with van der Waals surface area (Å²) in [6.07, 6.45) is 4.82. The van der Waals surface area contributed by atoms with E-state index in [1.165, 1.54) is 19.3 Å². The number of furan rings is 1. The highest BCUT2D eigenvalue weighted by molar-refractivity contribution is 5.97. The molecule has 1 fully saturated rings. The van der Waals surface area contributed by atoms with E-state index in [1.54, 1.807) is 0 Å². The third-order valence-corrected chi connectivity index (χ3v) is 4.22. The maximum Gasteiger partial charge on any atom is 0.255 e. The van der Waals surface area contributed by atoms with E-state index >= 15 is 0 Å². The van der Waals surface area contributed by atoms with Crippen molar-refractivity contribution in [1.82, 2.24) is 5.32 Å². The Labute approximate surface area is 109 Å². The van der Waals surface area contributed by atoms with Crippen molar-refractivity contribution in [3.63, 3.8) is 0 Å². The number of carbonyl (C=O) groups excluding carboxylic acids is 1. The van der Waals surface area contributed by atoms with Gasteiger partial charge in [0.2, 0.25) is 0 Å². The standard InChI is InChI=1S/C15H23NO2/c1-9-7-5-6-8-13(9)16-15(17)14-10(2)11(3)18-12(14)4/h9,13H,5-8H2,1-4H3,(H,16,17). The van der Waals surface area contributed by atoms with E-state index in [9.17, 15) is 4.79 Å². The molecule has 3 nitrogen and oxygen atoms in total. The fraction of sp³-hybridized carbons (Fsp3) is 0.667. The van der Waals surface area contributed by atoms with Crippen LogP contribution < -0.4 is 5.32 Å². The average Bonchev–Trinajstić information content (AvgIpc) is 2.56. The number of hydrogen-bond donors (Lipinski definition) is 1. The smallest absolute Gasteiger partial charge is 0.255 e. The van der Waals surface area contributed by atoms with Gasteiger partial charge in [0.25, 0.3) is 5.91 Å². The minimum Gasteiger partial charge on any atom is -0.466 e.